The van der Waals surface area contributed by atoms with E-state index in [9.17, 15) is 4.79 Å². The number of amides is 1. The molecule has 1 amide bonds. The predicted molar refractivity (Wildman–Crippen MR) is 96.7 cm³/mol. The summed E-state index contributed by atoms with van der Waals surface area (Å²) in [6.07, 6.45) is 5.55. The largest absolute Gasteiger partial charge is 0.442 e. The number of aryl methyl sites for hydroxylation is 1. The lowest BCUT2D eigenvalue weighted by Gasteiger charge is -2.14. The highest BCUT2D eigenvalue weighted by Gasteiger charge is 2.32. The second kappa shape index (κ2) is 8.72. The van der Waals surface area contributed by atoms with Crippen LogP contribution in [-0.2, 0) is 11.2 Å². The highest BCUT2D eigenvalue weighted by molar-refractivity contribution is 7.80. The van der Waals surface area contributed by atoms with Crippen LogP contribution in [0.3, 0.4) is 0 Å². The number of nitrogens with two attached hydrogens (primary N) is 1. The molecular weight excluding hydrogens is 310 g/mol. The van der Waals surface area contributed by atoms with E-state index in [1.807, 2.05) is 12.1 Å². The smallest absolute Gasteiger partial charge is 0.414 e. The number of anilines is 1. The minimum Gasteiger partial charge on any atom is -0.442 e. The maximum atomic E-state index is 12.0. The summed E-state index contributed by atoms with van der Waals surface area (Å²) in [5.74, 6) is 0. The highest BCUT2D eigenvalue weighted by Crippen LogP contribution is 2.22. The molecule has 5 nitrogen and oxygen atoms in total. The van der Waals surface area contributed by atoms with Crippen molar-refractivity contribution in [3.05, 3.63) is 29.8 Å². The summed E-state index contributed by atoms with van der Waals surface area (Å²) in [4.78, 5) is 13.6. The molecule has 126 valence electrons. The number of benzene rings is 1. The van der Waals surface area contributed by atoms with Crippen LogP contribution in [0.25, 0.3) is 0 Å². The van der Waals surface area contributed by atoms with Crippen molar-refractivity contribution >= 4 is 29.1 Å². The highest BCUT2D eigenvalue weighted by atomic mass is 32.1. The molecule has 1 aromatic carbocycles. The van der Waals surface area contributed by atoms with Gasteiger partial charge in [0.05, 0.1) is 13.1 Å². The van der Waals surface area contributed by atoms with E-state index < -0.39 is 0 Å². The second-order valence-corrected chi connectivity index (χ2v) is 6.28. The Labute approximate surface area is 143 Å². The monoisotopic (exact) mass is 335 g/mol. The first kappa shape index (κ1) is 17.5. The SMILES string of the molecule is CCCCCCc1ccc(N2C[C@H](CNC(N)=S)OC2=O)cc1. The molecule has 6 heteroatoms. The quantitative estimate of drug-likeness (QED) is 0.565. The number of rotatable bonds is 8. The summed E-state index contributed by atoms with van der Waals surface area (Å²) >= 11 is 4.76. The molecule has 3 N–H and O–H groups in total. The summed E-state index contributed by atoms with van der Waals surface area (Å²) in [7, 11) is 0. The Bertz CT molecular complexity index is 533. The first-order chi connectivity index (χ1) is 11.1. The number of nitrogens with one attached hydrogen (secondary N) is 1. The average Bonchev–Trinajstić information content (AvgIpc) is 2.91. The van der Waals surface area contributed by atoms with E-state index in [1.165, 1.54) is 31.2 Å². The molecule has 1 aromatic rings. The van der Waals surface area contributed by atoms with Crippen molar-refractivity contribution in [1.82, 2.24) is 5.32 Å². The number of carbonyl (C=O) groups is 1. The number of nitrogens with zero attached hydrogens (tertiary/aromatic N) is 1. The number of thiocarbonyl (C=S) groups is 1. The molecule has 1 aliphatic heterocycles. The van der Waals surface area contributed by atoms with Crippen LogP contribution in [-0.4, -0.2) is 30.4 Å². The van der Waals surface area contributed by atoms with Gasteiger partial charge in [-0.2, -0.15) is 0 Å². The third kappa shape index (κ3) is 5.39. The van der Waals surface area contributed by atoms with Gasteiger partial charge in [-0.25, -0.2) is 4.79 Å². The average molecular weight is 335 g/mol. The lowest BCUT2D eigenvalue weighted by Crippen LogP contribution is -2.37. The summed E-state index contributed by atoms with van der Waals surface area (Å²) in [5.41, 5.74) is 7.57. The molecule has 1 fully saturated rings. The Kier molecular flexibility index (Phi) is 6.65. The molecule has 0 aromatic heterocycles. The summed E-state index contributed by atoms with van der Waals surface area (Å²) in [5, 5.41) is 3.04. The Morgan fingerprint density at radius 3 is 2.74 bits per heavy atom. The maximum Gasteiger partial charge on any atom is 0.414 e. The zero-order valence-corrected chi connectivity index (χ0v) is 14.4. The molecule has 0 bridgehead atoms. The fourth-order valence-electron chi connectivity index (χ4n) is 2.65. The zero-order chi connectivity index (χ0) is 16.7. The number of unbranched alkanes of at least 4 members (excludes halogenated alkanes) is 3. The molecule has 0 radical (unpaired) electrons. The molecule has 0 saturated carbocycles. The molecule has 1 heterocycles. The van der Waals surface area contributed by atoms with E-state index in [2.05, 4.69) is 24.4 Å². The van der Waals surface area contributed by atoms with Crippen molar-refractivity contribution in [1.29, 1.82) is 0 Å². The fraction of sp³-hybridized carbons (Fsp3) is 0.529. The Balaban J connectivity index is 1.86. The minimum atomic E-state index is -0.324. The van der Waals surface area contributed by atoms with E-state index in [0.29, 0.717) is 13.1 Å². The van der Waals surface area contributed by atoms with Crippen LogP contribution >= 0.6 is 12.2 Å². The summed E-state index contributed by atoms with van der Waals surface area (Å²) < 4.78 is 5.31. The molecule has 2 rings (SSSR count). The minimum absolute atomic E-state index is 0.215. The standard InChI is InChI=1S/C17H25N3O2S/c1-2-3-4-5-6-13-7-9-14(10-8-13)20-12-15(22-17(20)21)11-19-16(18)23/h7-10,15H,2-6,11-12H2,1H3,(H3,18,19,23)/t15-/m0/s1. The molecule has 23 heavy (non-hydrogen) atoms. The van der Waals surface area contributed by atoms with E-state index in [4.69, 9.17) is 22.7 Å². The van der Waals surface area contributed by atoms with Gasteiger partial charge in [0.1, 0.15) is 6.10 Å². The predicted octanol–water partition coefficient (Wildman–Crippen LogP) is 2.97. The van der Waals surface area contributed by atoms with Gasteiger partial charge in [-0.3, -0.25) is 4.90 Å². The lowest BCUT2D eigenvalue weighted by molar-refractivity contribution is 0.143. The van der Waals surface area contributed by atoms with Gasteiger partial charge < -0.3 is 15.8 Å². The third-order valence-corrected chi connectivity index (χ3v) is 4.09. The van der Waals surface area contributed by atoms with Gasteiger partial charge in [0.25, 0.3) is 0 Å². The Morgan fingerprint density at radius 2 is 2.09 bits per heavy atom. The van der Waals surface area contributed by atoms with E-state index >= 15 is 0 Å². The van der Waals surface area contributed by atoms with Gasteiger partial charge in [-0.15, -0.1) is 0 Å². The summed E-state index contributed by atoms with van der Waals surface area (Å²) in [6.45, 7) is 3.16. The van der Waals surface area contributed by atoms with Crippen molar-refractivity contribution in [2.24, 2.45) is 5.73 Å². The second-order valence-electron chi connectivity index (χ2n) is 5.84. The van der Waals surface area contributed by atoms with Crippen LogP contribution in [0.4, 0.5) is 10.5 Å². The number of carbonyl (C=O) groups excluding carboxylic acids is 1. The van der Waals surface area contributed by atoms with Crippen LogP contribution in [0.2, 0.25) is 0 Å². The summed E-state index contributed by atoms with van der Waals surface area (Å²) in [6, 6.07) is 8.16. The topological polar surface area (TPSA) is 67.6 Å². The first-order valence-corrected chi connectivity index (χ1v) is 8.61. The Morgan fingerprint density at radius 1 is 1.35 bits per heavy atom. The first-order valence-electron chi connectivity index (χ1n) is 8.20. The molecule has 1 aliphatic rings. The van der Waals surface area contributed by atoms with Crippen LogP contribution in [0, 0.1) is 0 Å². The molecule has 1 saturated heterocycles. The number of hydrogen-bond acceptors (Lipinski definition) is 3. The van der Waals surface area contributed by atoms with E-state index in [1.54, 1.807) is 4.90 Å². The van der Waals surface area contributed by atoms with Gasteiger partial charge in [0.2, 0.25) is 0 Å². The van der Waals surface area contributed by atoms with Gasteiger partial charge >= 0.3 is 6.09 Å². The molecule has 0 aliphatic carbocycles. The molecular formula is C17H25N3O2S. The maximum absolute atomic E-state index is 12.0. The van der Waals surface area contributed by atoms with Crippen molar-refractivity contribution in [2.75, 3.05) is 18.0 Å². The molecule has 1 atom stereocenters. The van der Waals surface area contributed by atoms with Crippen LogP contribution in [0.1, 0.15) is 38.2 Å². The third-order valence-electron chi connectivity index (χ3n) is 3.95. The van der Waals surface area contributed by atoms with Gasteiger partial charge in [0, 0.05) is 5.69 Å². The van der Waals surface area contributed by atoms with Crippen molar-refractivity contribution in [3.63, 3.8) is 0 Å². The van der Waals surface area contributed by atoms with Crippen molar-refractivity contribution in [2.45, 2.75) is 45.1 Å². The molecule has 0 unspecified atom stereocenters. The molecule has 0 spiro atoms. The van der Waals surface area contributed by atoms with Crippen LogP contribution < -0.4 is 16.0 Å². The zero-order valence-electron chi connectivity index (χ0n) is 13.6. The number of ether oxygens (including phenoxy) is 1. The lowest BCUT2D eigenvalue weighted by atomic mass is 10.1. The normalized spacial score (nSPS) is 17.2. The van der Waals surface area contributed by atoms with Gasteiger partial charge in [-0.1, -0.05) is 38.3 Å². The van der Waals surface area contributed by atoms with E-state index in [0.717, 1.165) is 12.1 Å². The van der Waals surface area contributed by atoms with Gasteiger partial charge in [-0.05, 0) is 42.8 Å². The van der Waals surface area contributed by atoms with Crippen molar-refractivity contribution < 1.29 is 9.53 Å². The fourth-order valence-corrected chi connectivity index (χ4v) is 2.73. The van der Waals surface area contributed by atoms with Crippen LogP contribution in [0.5, 0.6) is 0 Å². The Hall–Kier alpha value is -1.82. The van der Waals surface area contributed by atoms with E-state index in [-0.39, 0.29) is 17.3 Å². The van der Waals surface area contributed by atoms with Gasteiger partial charge in [0.15, 0.2) is 5.11 Å². The number of cyclic esters (lactones) is 1. The number of hydrogen-bond donors (Lipinski definition) is 2. The van der Waals surface area contributed by atoms with Crippen LogP contribution in [0.15, 0.2) is 24.3 Å². The van der Waals surface area contributed by atoms with Crippen molar-refractivity contribution in [3.8, 4) is 0 Å².